The van der Waals surface area contributed by atoms with Crippen molar-refractivity contribution < 1.29 is 9.66 Å². The van der Waals surface area contributed by atoms with Gasteiger partial charge in [-0.25, -0.2) is 4.98 Å². The lowest BCUT2D eigenvalue weighted by Gasteiger charge is -2.09. The van der Waals surface area contributed by atoms with Gasteiger partial charge in [0.05, 0.1) is 4.92 Å². The molecule has 0 radical (unpaired) electrons. The summed E-state index contributed by atoms with van der Waals surface area (Å²) >= 11 is 6.55. The number of alkyl halides is 1. The van der Waals surface area contributed by atoms with Gasteiger partial charge in [0.2, 0.25) is 11.6 Å². The number of hydrogen-bond acceptors (Lipinski definition) is 4. The number of rotatable bonds is 4. The van der Waals surface area contributed by atoms with Crippen molar-refractivity contribution in [3.8, 4) is 11.6 Å². The summed E-state index contributed by atoms with van der Waals surface area (Å²) < 4.78 is 6.19. The lowest BCUT2D eigenvalue weighted by Crippen LogP contribution is -1.97. The fraction of sp³-hybridized carbons (Fsp3) is 0.154. The molecule has 0 amide bonds. The highest BCUT2D eigenvalue weighted by atomic mass is 79.9. The van der Waals surface area contributed by atoms with Crippen molar-refractivity contribution in [1.82, 2.24) is 4.98 Å². The predicted octanol–water partition coefficient (Wildman–Crippen LogP) is 4.75. The van der Waals surface area contributed by atoms with Crippen LogP contribution in [-0.4, -0.2) is 9.91 Å². The van der Waals surface area contributed by atoms with E-state index in [-0.39, 0.29) is 11.4 Å². The van der Waals surface area contributed by atoms with Crippen LogP contribution in [0.15, 0.2) is 34.9 Å². The molecule has 7 heteroatoms. The van der Waals surface area contributed by atoms with E-state index >= 15 is 0 Å². The molecule has 0 aliphatic heterocycles. The summed E-state index contributed by atoms with van der Waals surface area (Å²) in [5.74, 6) is 0.528. The van der Waals surface area contributed by atoms with Crippen LogP contribution in [0.4, 0.5) is 5.69 Å². The first-order valence-electron chi connectivity index (χ1n) is 5.64. The van der Waals surface area contributed by atoms with Crippen molar-refractivity contribution >= 4 is 37.5 Å². The highest BCUT2D eigenvalue weighted by Crippen LogP contribution is 2.34. The molecule has 0 fully saturated rings. The Labute approximate surface area is 132 Å². The maximum absolute atomic E-state index is 11.0. The zero-order chi connectivity index (χ0) is 14.7. The molecule has 1 aromatic carbocycles. The molecule has 1 heterocycles. The Morgan fingerprint density at radius 3 is 2.75 bits per heavy atom. The summed E-state index contributed by atoms with van der Waals surface area (Å²) in [4.78, 5) is 14.7. The standard InChI is InChI=1S/C13H10Br2N2O3/c1-8-4-9(6-14)7-16-13(8)20-12-3-2-10(15)5-11(12)17(18)19/h2-5,7H,6H2,1H3. The van der Waals surface area contributed by atoms with E-state index in [4.69, 9.17) is 4.74 Å². The van der Waals surface area contributed by atoms with Gasteiger partial charge in [-0.3, -0.25) is 10.1 Å². The monoisotopic (exact) mass is 400 g/mol. The van der Waals surface area contributed by atoms with Crippen LogP contribution in [0.2, 0.25) is 0 Å². The molecule has 1 aromatic heterocycles. The van der Waals surface area contributed by atoms with Crippen LogP contribution in [-0.2, 0) is 5.33 Å². The van der Waals surface area contributed by atoms with Crippen LogP contribution in [0.25, 0.3) is 0 Å². The number of benzene rings is 1. The Hall–Kier alpha value is -1.47. The molecule has 0 aliphatic carbocycles. The second-order valence-electron chi connectivity index (χ2n) is 4.07. The van der Waals surface area contributed by atoms with Gasteiger partial charge < -0.3 is 4.74 Å². The number of halogens is 2. The molecule has 0 aliphatic rings. The summed E-state index contributed by atoms with van der Waals surface area (Å²) in [5.41, 5.74) is 1.73. The average Bonchev–Trinajstić information content (AvgIpc) is 2.42. The zero-order valence-electron chi connectivity index (χ0n) is 10.5. The highest BCUT2D eigenvalue weighted by Gasteiger charge is 2.17. The van der Waals surface area contributed by atoms with E-state index in [1.165, 1.54) is 6.07 Å². The molecule has 0 bridgehead atoms. The summed E-state index contributed by atoms with van der Waals surface area (Å²) in [5, 5.41) is 11.7. The summed E-state index contributed by atoms with van der Waals surface area (Å²) in [6.45, 7) is 1.85. The first-order valence-corrected chi connectivity index (χ1v) is 7.56. The fourth-order valence-electron chi connectivity index (χ4n) is 1.62. The summed E-state index contributed by atoms with van der Waals surface area (Å²) in [6, 6.07) is 6.55. The normalized spacial score (nSPS) is 10.3. The van der Waals surface area contributed by atoms with E-state index in [1.807, 2.05) is 13.0 Å². The van der Waals surface area contributed by atoms with Crippen molar-refractivity contribution in [2.24, 2.45) is 0 Å². The van der Waals surface area contributed by atoms with Gasteiger partial charge >= 0.3 is 5.69 Å². The first kappa shape index (κ1) is 14.9. The number of aryl methyl sites for hydroxylation is 1. The van der Waals surface area contributed by atoms with Gasteiger partial charge in [0, 0.05) is 27.6 Å². The lowest BCUT2D eigenvalue weighted by atomic mass is 10.2. The third-order valence-electron chi connectivity index (χ3n) is 2.57. The van der Waals surface area contributed by atoms with E-state index in [2.05, 4.69) is 36.8 Å². The molecule has 0 unspecified atom stereocenters. The SMILES string of the molecule is Cc1cc(CBr)cnc1Oc1ccc(Br)cc1[N+](=O)[O-]. The van der Waals surface area contributed by atoms with Crippen LogP contribution >= 0.6 is 31.9 Å². The average molecular weight is 402 g/mol. The first-order chi connectivity index (χ1) is 9.51. The highest BCUT2D eigenvalue weighted by molar-refractivity contribution is 9.10. The molecule has 104 valence electrons. The van der Waals surface area contributed by atoms with E-state index < -0.39 is 4.92 Å². The minimum atomic E-state index is -0.484. The molecule has 0 spiro atoms. The summed E-state index contributed by atoms with van der Waals surface area (Å²) in [7, 11) is 0. The Morgan fingerprint density at radius 2 is 2.15 bits per heavy atom. The maximum Gasteiger partial charge on any atom is 0.312 e. The third-order valence-corrected chi connectivity index (χ3v) is 3.71. The van der Waals surface area contributed by atoms with E-state index in [0.29, 0.717) is 15.7 Å². The number of ether oxygens (including phenoxy) is 1. The lowest BCUT2D eigenvalue weighted by molar-refractivity contribution is -0.385. The zero-order valence-corrected chi connectivity index (χ0v) is 13.6. The predicted molar refractivity (Wildman–Crippen MR) is 82.5 cm³/mol. The summed E-state index contributed by atoms with van der Waals surface area (Å²) in [6.07, 6.45) is 1.67. The van der Waals surface area contributed by atoms with Crippen LogP contribution in [0.5, 0.6) is 11.6 Å². The molecule has 0 atom stereocenters. The molecule has 0 saturated carbocycles. The van der Waals surface area contributed by atoms with E-state index in [0.717, 1.165) is 11.1 Å². The smallest absolute Gasteiger partial charge is 0.312 e. The Balaban J connectivity index is 2.37. The second-order valence-corrected chi connectivity index (χ2v) is 5.55. The van der Waals surface area contributed by atoms with Crippen molar-refractivity contribution in [3.05, 3.63) is 56.2 Å². The largest absolute Gasteiger partial charge is 0.432 e. The minimum absolute atomic E-state index is 0.106. The molecule has 0 N–H and O–H groups in total. The van der Waals surface area contributed by atoms with Crippen LogP contribution in [0.1, 0.15) is 11.1 Å². The molecular formula is C13H10Br2N2O3. The maximum atomic E-state index is 11.0. The number of nitrogens with zero attached hydrogens (tertiary/aromatic N) is 2. The van der Waals surface area contributed by atoms with Crippen molar-refractivity contribution in [2.45, 2.75) is 12.3 Å². The second kappa shape index (κ2) is 6.32. The number of nitro benzene ring substituents is 1. The van der Waals surface area contributed by atoms with Crippen LogP contribution in [0.3, 0.4) is 0 Å². The van der Waals surface area contributed by atoms with Gasteiger partial charge in [0.1, 0.15) is 0 Å². The molecule has 2 rings (SSSR count). The molecule has 2 aromatic rings. The molecule has 0 saturated heterocycles. The van der Waals surface area contributed by atoms with E-state index in [9.17, 15) is 10.1 Å². The number of nitro groups is 1. The Morgan fingerprint density at radius 1 is 1.40 bits per heavy atom. The van der Waals surface area contributed by atoms with E-state index in [1.54, 1.807) is 18.3 Å². The quantitative estimate of drug-likeness (QED) is 0.421. The van der Waals surface area contributed by atoms with Gasteiger partial charge in [-0.1, -0.05) is 31.9 Å². The third kappa shape index (κ3) is 3.34. The van der Waals surface area contributed by atoms with Gasteiger partial charge in [-0.2, -0.15) is 0 Å². The van der Waals surface area contributed by atoms with Crippen LogP contribution in [0, 0.1) is 17.0 Å². The minimum Gasteiger partial charge on any atom is -0.432 e. The van der Waals surface area contributed by atoms with Crippen molar-refractivity contribution in [3.63, 3.8) is 0 Å². The van der Waals surface area contributed by atoms with Gasteiger partial charge in [0.15, 0.2) is 0 Å². The Bertz CT molecular complexity index is 662. The van der Waals surface area contributed by atoms with Gasteiger partial charge in [-0.15, -0.1) is 0 Å². The molecular weight excluding hydrogens is 392 g/mol. The van der Waals surface area contributed by atoms with Crippen molar-refractivity contribution in [2.75, 3.05) is 0 Å². The van der Waals surface area contributed by atoms with Gasteiger partial charge in [0.25, 0.3) is 0 Å². The van der Waals surface area contributed by atoms with Crippen LogP contribution < -0.4 is 4.74 Å². The number of hydrogen-bond donors (Lipinski definition) is 0. The van der Waals surface area contributed by atoms with Crippen molar-refractivity contribution in [1.29, 1.82) is 0 Å². The Kier molecular flexibility index (Phi) is 4.72. The molecule has 20 heavy (non-hydrogen) atoms. The number of pyridine rings is 1. The fourth-order valence-corrected chi connectivity index (χ4v) is 2.28. The topological polar surface area (TPSA) is 65.3 Å². The van der Waals surface area contributed by atoms with Gasteiger partial charge in [-0.05, 0) is 30.7 Å². The molecule has 5 nitrogen and oxygen atoms in total. The number of aromatic nitrogens is 1.